The van der Waals surface area contributed by atoms with Gasteiger partial charge in [0.1, 0.15) is 13.2 Å². The lowest BCUT2D eigenvalue weighted by Gasteiger charge is -2.20. The van der Waals surface area contributed by atoms with Gasteiger partial charge in [-0.2, -0.15) is 0 Å². The molecule has 2 aromatic rings. The summed E-state index contributed by atoms with van der Waals surface area (Å²) >= 11 is 6.32. The minimum absolute atomic E-state index is 0.519. The maximum Gasteiger partial charge on any atom is 0.191 e. The van der Waals surface area contributed by atoms with Crippen molar-refractivity contribution >= 4 is 17.6 Å². The van der Waals surface area contributed by atoms with Crippen LogP contribution in [0.3, 0.4) is 0 Å². The highest BCUT2D eigenvalue weighted by Crippen LogP contribution is 2.38. The van der Waals surface area contributed by atoms with Crippen LogP contribution in [0.5, 0.6) is 23.0 Å². The van der Waals surface area contributed by atoms with Crippen molar-refractivity contribution in [3.63, 3.8) is 0 Å². The Morgan fingerprint density at radius 1 is 1.03 bits per heavy atom. The molecule has 0 saturated carbocycles. The molecule has 0 radical (unpaired) electrons. The Labute approximate surface area is 182 Å². The van der Waals surface area contributed by atoms with Crippen LogP contribution in [0, 0.1) is 0 Å². The van der Waals surface area contributed by atoms with E-state index in [0.29, 0.717) is 54.3 Å². The molecule has 3 rings (SSSR count). The molecule has 0 atom stereocenters. The highest BCUT2D eigenvalue weighted by atomic mass is 35.5. The summed E-state index contributed by atoms with van der Waals surface area (Å²) in [5.74, 6) is 3.48. The summed E-state index contributed by atoms with van der Waals surface area (Å²) in [4.78, 5) is 4.66. The number of halogens is 1. The van der Waals surface area contributed by atoms with Gasteiger partial charge in [0.2, 0.25) is 0 Å². The third-order valence-corrected chi connectivity index (χ3v) is 4.86. The van der Waals surface area contributed by atoms with Gasteiger partial charge in [-0.3, -0.25) is 0 Å². The fraction of sp³-hybridized carbons (Fsp3) is 0.409. The summed E-state index contributed by atoms with van der Waals surface area (Å²) in [7, 11) is 3.25. The van der Waals surface area contributed by atoms with Crippen molar-refractivity contribution in [3.8, 4) is 23.0 Å². The molecule has 8 heteroatoms. The summed E-state index contributed by atoms with van der Waals surface area (Å²) < 4.78 is 21.9. The zero-order valence-corrected chi connectivity index (χ0v) is 18.3. The Morgan fingerprint density at radius 3 is 2.60 bits per heavy atom. The lowest BCUT2D eigenvalue weighted by Crippen LogP contribution is -2.38. The monoisotopic (exact) mass is 433 g/mol. The lowest BCUT2D eigenvalue weighted by molar-refractivity contribution is 0.171. The second-order valence-corrected chi connectivity index (χ2v) is 7.07. The largest absolute Gasteiger partial charge is 0.493 e. The zero-order valence-electron chi connectivity index (χ0n) is 17.6. The Balaban J connectivity index is 1.60. The Kier molecular flexibility index (Phi) is 7.90. The summed E-state index contributed by atoms with van der Waals surface area (Å²) in [6.07, 6.45) is 0.775. The van der Waals surface area contributed by atoms with Crippen molar-refractivity contribution in [1.82, 2.24) is 10.6 Å². The molecule has 0 bridgehead atoms. The second kappa shape index (κ2) is 10.8. The van der Waals surface area contributed by atoms with Crippen molar-refractivity contribution < 1.29 is 18.9 Å². The molecule has 0 unspecified atom stereocenters. The number of nitrogens with zero attached hydrogens (tertiary/aromatic N) is 1. The Morgan fingerprint density at radius 2 is 1.83 bits per heavy atom. The fourth-order valence-corrected chi connectivity index (χ4v) is 3.41. The molecule has 162 valence electrons. The van der Waals surface area contributed by atoms with Crippen molar-refractivity contribution in [2.24, 2.45) is 4.99 Å². The van der Waals surface area contributed by atoms with Crippen LogP contribution in [0.1, 0.15) is 18.1 Å². The third kappa shape index (κ3) is 5.63. The van der Waals surface area contributed by atoms with E-state index >= 15 is 0 Å². The topological polar surface area (TPSA) is 73.3 Å². The lowest BCUT2D eigenvalue weighted by atomic mass is 10.1. The molecule has 2 aromatic carbocycles. The standard InChI is InChI=1S/C22H28ClN3O4/c1-4-24-22(26-14-16-5-6-18(27-2)19(13-16)28-3)25-8-7-15-11-17(23)21-20(12-15)29-9-10-30-21/h5-6,11-13H,4,7-10,14H2,1-3H3,(H2,24,25,26). The number of aliphatic imine (C=N–C) groups is 1. The van der Waals surface area contributed by atoms with Crippen molar-refractivity contribution in [2.75, 3.05) is 40.5 Å². The van der Waals surface area contributed by atoms with Crippen LogP contribution < -0.4 is 29.6 Å². The maximum absolute atomic E-state index is 6.32. The molecule has 0 aromatic heterocycles. The summed E-state index contributed by atoms with van der Waals surface area (Å²) in [6.45, 7) is 5.09. The van der Waals surface area contributed by atoms with E-state index in [9.17, 15) is 0 Å². The number of methoxy groups -OCH3 is 2. The molecular weight excluding hydrogens is 406 g/mol. The zero-order chi connectivity index (χ0) is 21.3. The van der Waals surface area contributed by atoms with Crippen molar-refractivity contribution in [3.05, 3.63) is 46.5 Å². The normalized spacial score (nSPS) is 13.0. The highest BCUT2D eigenvalue weighted by Gasteiger charge is 2.16. The molecule has 30 heavy (non-hydrogen) atoms. The molecule has 1 heterocycles. The summed E-state index contributed by atoms with van der Waals surface area (Å²) in [5.41, 5.74) is 2.11. The molecule has 7 nitrogen and oxygen atoms in total. The molecule has 1 aliphatic heterocycles. The molecule has 1 aliphatic rings. The number of ether oxygens (including phenoxy) is 4. The predicted molar refractivity (Wildman–Crippen MR) is 119 cm³/mol. The Hall–Kier alpha value is -2.80. The second-order valence-electron chi connectivity index (χ2n) is 6.66. The van der Waals surface area contributed by atoms with E-state index in [-0.39, 0.29) is 0 Å². The summed E-state index contributed by atoms with van der Waals surface area (Å²) in [6, 6.07) is 9.70. The van der Waals surface area contributed by atoms with E-state index in [2.05, 4.69) is 15.6 Å². The molecule has 0 fully saturated rings. The molecule has 0 spiro atoms. The first kappa shape index (κ1) is 21.9. The van der Waals surface area contributed by atoms with E-state index in [0.717, 1.165) is 30.1 Å². The van der Waals surface area contributed by atoms with E-state index < -0.39 is 0 Å². The number of hydrogen-bond donors (Lipinski definition) is 2. The first-order chi connectivity index (χ1) is 14.6. The van der Waals surface area contributed by atoms with Gasteiger partial charge in [0.15, 0.2) is 29.0 Å². The number of guanidine groups is 1. The van der Waals surface area contributed by atoms with Gasteiger partial charge in [-0.05, 0) is 48.7 Å². The molecular formula is C22H28ClN3O4. The van der Waals surface area contributed by atoms with Gasteiger partial charge in [-0.15, -0.1) is 0 Å². The molecule has 0 aliphatic carbocycles. The van der Waals surface area contributed by atoms with Crippen LogP contribution in [0.4, 0.5) is 0 Å². The van der Waals surface area contributed by atoms with Gasteiger partial charge in [0.25, 0.3) is 0 Å². The smallest absolute Gasteiger partial charge is 0.191 e. The fourth-order valence-electron chi connectivity index (χ4n) is 3.12. The van der Waals surface area contributed by atoms with E-state index in [4.69, 9.17) is 30.5 Å². The number of hydrogen-bond acceptors (Lipinski definition) is 5. The van der Waals surface area contributed by atoms with E-state index in [1.807, 2.05) is 37.3 Å². The average Bonchev–Trinajstić information content (AvgIpc) is 2.77. The van der Waals surface area contributed by atoms with Crippen molar-refractivity contribution in [1.29, 1.82) is 0 Å². The molecule has 0 saturated heterocycles. The van der Waals surface area contributed by atoms with Crippen LogP contribution in [0.25, 0.3) is 0 Å². The van der Waals surface area contributed by atoms with Crippen LogP contribution in [0.15, 0.2) is 35.3 Å². The van der Waals surface area contributed by atoms with Gasteiger partial charge in [0, 0.05) is 13.1 Å². The first-order valence-corrected chi connectivity index (χ1v) is 10.3. The van der Waals surface area contributed by atoms with Gasteiger partial charge in [0.05, 0.1) is 25.8 Å². The molecule has 2 N–H and O–H groups in total. The number of rotatable bonds is 8. The minimum atomic E-state index is 0.519. The number of fused-ring (bicyclic) bond motifs is 1. The van der Waals surface area contributed by atoms with Gasteiger partial charge < -0.3 is 29.6 Å². The quantitative estimate of drug-likeness (QED) is 0.491. The highest BCUT2D eigenvalue weighted by molar-refractivity contribution is 6.32. The van der Waals surface area contributed by atoms with Gasteiger partial charge in [-0.25, -0.2) is 4.99 Å². The number of benzene rings is 2. The minimum Gasteiger partial charge on any atom is -0.493 e. The first-order valence-electron chi connectivity index (χ1n) is 9.95. The van der Waals surface area contributed by atoms with Gasteiger partial charge >= 0.3 is 0 Å². The van der Waals surface area contributed by atoms with Crippen LogP contribution in [-0.2, 0) is 13.0 Å². The van der Waals surface area contributed by atoms with Crippen molar-refractivity contribution in [2.45, 2.75) is 19.9 Å². The van der Waals surface area contributed by atoms with Crippen LogP contribution >= 0.6 is 11.6 Å². The van der Waals surface area contributed by atoms with Crippen LogP contribution in [-0.4, -0.2) is 46.5 Å². The van der Waals surface area contributed by atoms with Crippen LogP contribution in [0.2, 0.25) is 5.02 Å². The van der Waals surface area contributed by atoms with E-state index in [1.54, 1.807) is 14.2 Å². The average molecular weight is 434 g/mol. The van der Waals surface area contributed by atoms with E-state index in [1.165, 1.54) is 0 Å². The Bertz CT molecular complexity index is 889. The SMILES string of the molecule is CCNC(=NCc1ccc(OC)c(OC)c1)NCCc1cc(Cl)c2c(c1)OCCO2. The van der Waals surface area contributed by atoms with Gasteiger partial charge in [-0.1, -0.05) is 17.7 Å². The maximum atomic E-state index is 6.32. The molecule has 0 amide bonds. The summed E-state index contributed by atoms with van der Waals surface area (Å²) in [5, 5.41) is 7.20. The predicted octanol–water partition coefficient (Wildman–Crippen LogP) is 3.43. The third-order valence-electron chi connectivity index (χ3n) is 4.57. The number of nitrogens with one attached hydrogen (secondary N) is 2.